The third-order valence-electron chi connectivity index (χ3n) is 5.24. The molecule has 1 amide bonds. The Kier molecular flexibility index (Phi) is 5.07. The number of pyridine rings is 3. The van der Waals surface area contributed by atoms with Gasteiger partial charge in [-0.2, -0.15) is 0 Å². The van der Waals surface area contributed by atoms with E-state index in [0.717, 1.165) is 41.5 Å². The largest absolute Gasteiger partial charge is 0.349 e. The molecule has 0 saturated carbocycles. The van der Waals surface area contributed by atoms with Gasteiger partial charge >= 0.3 is 0 Å². The van der Waals surface area contributed by atoms with Crippen LogP contribution >= 0.6 is 0 Å². The van der Waals surface area contributed by atoms with Crippen molar-refractivity contribution in [2.45, 2.75) is 25.8 Å². The fraction of sp³-hybridized carbons (Fsp3) is 0.333. The highest BCUT2D eigenvalue weighted by Gasteiger charge is 2.23. The zero-order chi connectivity index (χ0) is 18.6. The molecule has 0 aromatic carbocycles. The number of carbonyl (C=O) groups is 1. The molecule has 1 fully saturated rings. The van der Waals surface area contributed by atoms with Gasteiger partial charge in [0.05, 0.1) is 5.52 Å². The average molecular weight is 361 g/mol. The predicted molar refractivity (Wildman–Crippen MR) is 105 cm³/mol. The molecule has 0 bridgehead atoms. The van der Waals surface area contributed by atoms with Gasteiger partial charge in [0.15, 0.2) is 0 Å². The summed E-state index contributed by atoms with van der Waals surface area (Å²) in [6.07, 6.45) is 9.31. The summed E-state index contributed by atoms with van der Waals surface area (Å²) in [7, 11) is 0. The van der Waals surface area contributed by atoms with Crippen LogP contribution in [0.15, 0.2) is 49.1 Å². The van der Waals surface area contributed by atoms with E-state index in [1.165, 1.54) is 6.42 Å². The number of hydrogen-bond donors (Lipinski definition) is 1. The van der Waals surface area contributed by atoms with Gasteiger partial charge in [-0.3, -0.25) is 19.7 Å². The Balaban J connectivity index is 1.63. The number of aromatic nitrogens is 3. The van der Waals surface area contributed by atoms with Gasteiger partial charge in [0, 0.05) is 42.8 Å². The average Bonchev–Trinajstić information content (AvgIpc) is 3.19. The molecule has 1 saturated heterocycles. The minimum atomic E-state index is -0.132. The molecule has 0 aliphatic carbocycles. The second kappa shape index (κ2) is 7.80. The van der Waals surface area contributed by atoms with Crippen LogP contribution in [0, 0.1) is 0 Å². The van der Waals surface area contributed by atoms with Crippen molar-refractivity contribution in [3.05, 3.63) is 54.7 Å². The second-order valence-electron chi connectivity index (χ2n) is 6.82. The molecule has 4 rings (SSSR count). The minimum Gasteiger partial charge on any atom is -0.349 e. The highest BCUT2D eigenvalue weighted by Crippen LogP contribution is 2.27. The van der Waals surface area contributed by atoms with E-state index in [-0.39, 0.29) is 5.91 Å². The van der Waals surface area contributed by atoms with Crippen LogP contribution < -0.4 is 5.32 Å². The summed E-state index contributed by atoms with van der Waals surface area (Å²) in [6.45, 7) is 4.96. The van der Waals surface area contributed by atoms with E-state index in [4.69, 9.17) is 0 Å². The highest BCUT2D eigenvalue weighted by molar-refractivity contribution is 6.00. The number of hydrogen-bond acceptors (Lipinski definition) is 5. The van der Waals surface area contributed by atoms with Crippen molar-refractivity contribution in [2.24, 2.45) is 0 Å². The fourth-order valence-corrected chi connectivity index (χ4v) is 3.80. The number of rotatable bonds is 5. The standard InChI is InChI=1S/C21H23N5O/c1-2-26-11-3-4-16(26)13-24-21(27)20-12-17(15-5-8-22-9-6-15)18-14-23-10-7-19(18)25-20/h5-10,12,14,16H,2-4,11,13H2,1H3,(H,24,27)/t16-/m0/s1. The summed E-state index contributed by atoms with van der Waals surface area (Å²) < 4.78 is 0. The van der Waals surface area contributed by atoms with E-state index in [0.29, 0.717) is 18.3 Å². The van der Waals surface area contributed by atoms with Gasteiger partial charge in [0.1, 0.15) is 5.69 Å². The Hall–Kier alpha value is -2.86. The Bertz CT molecular complexity index is 944. The first-order valence-electron chi connectivity index (χ1n) is 9.43. The lowest BCUT2D eigenvalue weighted by Gasteiger charge is -2.22. The van der Waals surface area contributed by atoms with Crippen molar-refractivity contribution in [1.29, 1.82) is 0 Å². The molecule has 138 valence electrons. The molecular weight excluding hydrogens is 338 g/mol. The lowest BCUT2D eigenvalue weighted by molar-refractivity contribution is 0.0937. The SMILES string of the molecule is CCN1CCC[C@H]1CNC(=O)c1cc(-c2ccncc2)c2cnccc2n1. The summed E-state index contributed by atoms with van der Waals surface area (Å²) in [4.78, 5) is 28.1. The van der Waals surface area contributed by atoms with E-state index in [9.17, 15) is 4.79 Å². The zero-order valence-corrected chi connectivity index (χ0v) is 15.4. The summed E-state index contributed by atoms with van der Waals surface area (Å²) >= 11 is 0. The Morgan fingerprint density at radius 2 is 2.04 bits per heavy atom. The van der Waals surface area contributed by atoms with E-state index >= 15 is 0 Å². The Morgan fingerprint density at radius 3 is 2.85 bits per heavy atom. The molecule has 3 aromatic heterocycles. The first-order valence-corrected chi connectivity index (χ1v) is 9.43. The number of amides is 1. The van der Waals surface area contributed by atoms with Crippen molar-refractivity contribution >= 4 is 16.8 Å². The smallest absolute Gasteiger partial charge is 0.269 e. The number of fused-ring (bicyclic) bond motifs is 1. The van der Waals surface area contributed by atoms with Gasteiger partial charge in [-0.25, -0.2) is 4.98 Å². The number of likely N-dealkylation sites (N-methyl/N-ethyl adjacent to an activating group) is 1. The molecule has 6 nitrogen and oxygen atoms in total. The Morgan fingerprint density at radius 1 is 1.22 bits per heavy atom. The van der Waals surface area contributed by atoms with E-state index in [2.05, 4.69) is 32.1 Å². The van der Waals surface area contributed by atoms with Crippen molar-refractivity contribution in [1.82, 2.24) is 25.2 Å². The normalized spacial score (nSPS) is 17.3. The van der Waals surface area contributed by atoms with Crippen molar-refractivity contribution in [3.63, 3.8) is 0 Å². The van der Waals surface area contributed by atoms with Crippen LogP contribution in [-0.4, -0.2) is 51.4 Å². The topological polar surface area (TPSA) is 71.0 Å². The van der Waals surface area contributed by atoms with E-state index in [1.807, 2.05) is 24.3 Å². The molecule has 1 aliphatic rings. The lowest BCUT2D eigenvalue weighted by atomic mass is 10.0. The van der Waals surface area contributed by atoms with Crippen LogP contribution in [0.5, 0.6) is 0 Å². The summed E-state index contributed by atoms with van der Waals surface area (Å²) in [5, 5.41) is 4.00. The minimum absolute atomic E-state index is 0.132. The maximum absolute atomic E-state index is 12.8. The van der Waals surface area contributed by atoms with Crippen molar-refractivity contribution < 1.29 is 4.79 Å². The Labute approximate surface area is 158 Å². The van der Waals surface area contributed by atoms with Crippen LogP contribution in [0.3, 0.4) is 0 Å². The van der Waals surface area contributed by atoms with Crippen molar-refractivity contribution in [2.75, 3.05) is 19.6 Å². The van der Waals surface area contributed by atoms with Crippen molar-refractivity contribution in [3.8, 4) is 11.1 Å². The second-order valence-corrected chi connectivity index (χ2v) is 6.82. The number of nitrogens with zero attached hydrogens (tertiary/aromatic N) is 4. The lowest BCUT2D eigenvalue weighted by Crippen LogP contribution is -2.40. The van der Waals surface area contributed by atoms with Crippen LogP contribution in [0.4, 0.5) is 0 Å². The molecule has 1 aliphatic heterocycles. The summed E-state index contributed by atoms with van der Waals surface area (Å²) in [5.74, 6) is -0.132. The first-order chi connectivity index (χ1) is 13.3. The molecule has 0 radical (unpaired) electrons. The van der Waals surface area contributed by atoms with E-state index < -0.39 is 0 Å². The third-order valence-corrected chi connectivity index (χ3v) is 5.24. The molecule has 0 spiro atoms. The summed E-state index contributed by atoms with van der Waals surface area (Å²) in [6, 6.07) is 7.97. The molecule has 27 heavy (non-hydrogen) atoms. The van der Waals surface area contributed by atoms with Gasteiger partial charge in [-0.05, 0) is 61.3 Å². The van der Waals surface area contributed by atoms with Gasteiger partial charge in [-0.15, -0.1) is 0 Å². The molecule has 0 unspecified atom stereocenters. The van der Waals surface area contributed by atoms with Gasteiger partial charge in [0.2, 0.25) is 0 Å². The van der Waals surface area contributed by atoms with Crippen LogP contribution in [0.2, 0.25) is 0 Å². The van der Waals surface area contributed by atoms with Gasteiger partial charge < -0.3 is 5.32 Å². The molecule has 1 atom stereocenters. The monoisotopic (exact) mass is 361 g/mol. The molecule has 1 N–H and O–H groups in total. The summed E-state index contributed by atoms with van der Waals surface area (Å²) in [5.41, 5.74) is 3.13. The molecule has 4 heterocycles. The maximum Gasteiger partial charge on any atom is 0.269 e. The van der Waals surface area contributed by atoms with Crippen LogP contribution in [0.1, 0.15) is 30.3 Å². The quantitative estimate of drug-likeness (QED) is 0.757. The molecule has 6 heteroatoms. The molecule has 3 aromatic rings. The van der Waals surface area contributed by atoms with Gasteiger partial charge in [0.25, 0.3) is 5.91 Å². The number of carbonyl (C=O) groups excluding carboxylic acids is 1. The predicted octanol–water partition coefficient (Wildman–Crippen LogP) is 2.91. The number of nitrogens with one attached hydrogen (secondary N) is 1. The van der Waals surface area contributed by atoms with Crippen LogP contribution in [-0.2, 0) is 0 Å². The fourth-order valence-electron chi connectivity index (χ4n) is 3.80. The number of likely N-dealkylation sites (tertiary alicyclic amines) is 1. The maximum atomic E-state index is 12.8. The first kappa shape index (κ1) is 17.5. The molecular formula is C21H23N5O. The third kappa shape index (κ3) is 3.66. The van der Waals surface area contributed by atoms with Crippen LogP contribution in [0.25, 0.3) is 22.0 Å². The van der Waals surface area contributed by atoms with E-state index in [1.54, 1.807) is 24.8 Å². The highest BCUT2D eigenvalue weighted by atomic mass is 16.1. The van der Waals surface area contributed by atoms with Gasteiger partial charge in [-0.1, -0.05) is 6.92 Å². The zero-order valence-electron chi connectivity index (χ0n) is 15.4.